The second kappa shape index (κ2) is 8.92. The molecule has 8 heteroatoms. The lowest BCUT2D eigenvalue weighted by Gasteiger charge is -2.14. The van der Waals surface area contributed by atoms with Crippen LogP contribution in [-0.4, -0.2) is 15.0 Å². The summed E-state index contributed by atoms with van der Waals surface area (Å²) in [7, 11) is 0. The van der Waals surface area contributed by atoms with Gasteiger partial charge in [0, 0.05) is 10.7 Å². The normalized spacial score (nSPS) is 10.6. The van der Waals surface area contributed by atoms with Crippen LogP contribution in [0.25, 0.3) is 10.9 Å². The predicted molar refractivity (Wildman–Crippen MR) is 123 cm³/mol. The van der Waals surface area contributed by atoms with Gasteiger partial charge in [0.25, 0.3) is 5.56 Å². The predicted octanol–water partition coefficient (Wildman–Crippen LogP) is 3.38. The van der Waals surface area contributed by atoms with Crippen LogP contribution in [-0.2, 0) is 17.9 Å². The topological polar surface area (TPSA) is 96.9 Å². The van der Waals surface area contributed by atoms with Gasteiger partial charge in [-0.2, -0.15) is 5.26 Å². The van der Waals surface area contributed by atoms with Crippen molar-refractivity contribution in [2.75, 3.05) is 5.32 Å². The summed E-state index contributed by atoms with van der Waals surface area (Å²) in [6.07, 6.45) is 0. The van der Waals surface area contributed by atoms with Gasteiger partial charge in [0.05, 0.1) is 29.1 Å². The number of nitrogens with one attached hydrogen (secondary N) is 1. The highest BCUT2D eigenvalue weighted by molar-refractivity contribution is 6.30. The highest BCUT2D eigenvalue weighted by atomic mass is 35.5. The van der Waals surface area contributed by atoms with E-state index in [9.17, 15) is 14.4 Å². The van der Waals surface area contributed by atoms with Crippen LogP contribution in [0.5, 0.6) is 0 Å². The maximum atomic E-state index is 13.3. The summed E-state index contributed by atoms with van der Waals surface area (Å²) >= 11 is 6.04. The maximum Gasteiger partial charge on any atom is 0.332 e. The summed E-state index contributed by atoms with van der Waals surface area (Å²) in [5.74, 6) is -0.458. The molecule has 0 radical (unpaired) electrons. The molecule has 7 nitrogen and oxygen atoms in total. The Hall–Kier alpha value is -4.15. The van der Waals surface area contributed by atoms with Crippen LogP contribution in [0.15, 0.2) is 82.4 Å². The van der Waals surface area contributed by atoms with Gasteiger partial charge >= 0.3 is 5.69 Å². The monoisotopic (exact) mass is 444 g/mol. The summed E-state index contributed by atoms with van der Waals surface area (Å²) in [4.78, 5) is 39.0. The number of anilines is 1. The van der Waals surface area contributed by atoms with Crippen LogP contribution >= 0.6 is 11.6 Å². The van der Waals surface area contributed by atoms with E-state index in [-0.39, 0.29) is 13.1 Å². The number of carbonyl (C=O) groups excluding carboxylic acids is 1. The van der Waals surface area contributed by atoms with Gasteiger partial charge < -0.3 is 5.32 Å². The molecule has 4 rings (SSSR count). The molecule has 1 amide bonds. The van der Waals surface area contributed by atoms with Crippen LogP contribution in [0.1, 0.15) is 11.1 Å². The van der Waals surface area contributed by atoms with Gasteiger partial charge in [-0.1, -0.05) is 41.9 Å². The molecule has 0 atom stereocenters. The van der Waals surface area contributed by atoms with Crippen molar-refractivity contribution in [3.63, 3.8) is 0 Å². The third-order valence-corrected chi connectivity index (χ3v) is 5.17. The molecule has 0 saturated heterocycles. The quantitative estimate of drug-likeness (QED) is 0.510. The highest BCUT2D eigenvalue weighted by Gasteiger charge is 2.16. The zero-order valence-electron chi connectivity index (χ0n) is 16.8. The van der Waals surface area contributed by atoms with E-state index in [1.54, 1.807) is 72.8 Å². The van der Waals surface area contributed by atoms with Gasteiger partial charge in [-0.05, 0) is 48.0 Å². The Kier molecular flexibility index (Phi) is 5.88. The number of nitrogens with zero attached hydrogens (tertiary/aromatic N) is 3. The Morgan fingerprint density at radius 3 is 2.53 bits per heavy atom. The molecule has 0 spiro atoms. The fourth-order valence-electron chi connectivity index (χ4n) is 3.49. The highest BCUT2D eigenvalue weighted by Crippen LogP contribution is 2.13. The third-order valence-electron chi connectivity index (χ3n) is 4.94. The van der Waals surface area contributed by atoms with Crippen molar-refractivity contribution >= 4 is 34.1 Å². The lowest BCUT2D eigenvalue weighted by Crippen LogP contribution is -2.42. The Labute approximate surface area is 187 Å². The number of para-hydroxylation sites is 1. The Bertz CT molecular complexity index is 1500. The maximum absolute atomic E-state index is 13.3. The van der Waals surface area contributed by atoms with E-state index in [0.29, 0.717) is 32.7 Å². The summed E-state index contributed by atoms with van der Waals surface area (Å²) in [6.45, 7) is -0.277. The fourth-order valence-corrected chi connectivity index (χ4v) is 3.70. The number of halogens is 1. The molecular weight excluding hydrogens is 428 g/mol. The molecular formula is C24H17ClN4O3. The van der Waals surface area contributed by atoms with Crippen LogP contribution in [0.3, 0.4) is 0 Å². The number of fused-ring (bicyclic) bond motifs is 1. The lowest BCUT2D eigenvalue weighted by molar-refractivity contribution is -0.116. The number of rotatable bonds is 5. The number of hydrogen-bond acceptors (Lipinski definition) is 4. The van der Waals surface area contributed by atoms with Crippen LogP contribution in [0, 0.1) is 11.3 Å². The molecule has 0 fully saturated rings. The summed E-state index contributed by atoms with van der Waals surface area (Å²) in [5.41, 5.74) is 0.861. The minimum Gasteiger partial charge on any atom is -0.324 e. The van der Waals surface area contributed by atoms with Gasteiger partial charge in [-0.15, -0.1) is 0 Å². The average molecular weight is 445 g/mol. The average Bonchev–Trinajstić information content (AvgIpc) is 2.79. The molecule has 1 aromatic heterocycles. The SMILES string of the molecule is N#Cc1cccc(NC(=O)Cn2c(=O)n(Cc3cccc(Cl)c3)c(=O)c3ccccc32)c1. The second-order valence-electron chi connectivity index (χ2n) is 7.15. The van der Waals surface area contributed by atoms with Gasteiger partial charge in [-0.3, -0.25) is 18.7 Å². The molecule has 0 aliphatic heterocycles. The Morgan fingerprint density at radius 2 is 1.75 bits per heavy atom. The first-order valence-corrected chi connectivity index (χ1v) is 10.1. The van der Waals surface area contributed by atoms with Crippen molar-refractivity contribution in [3.05, 3.63) is 110 Å². The number of nitriles is 1. The zero-order chi connectivity index (χ0) is 22.7. The third kappa shape index (κ3) is 4.31. The molecule has 0 aliphatic carbocycles. The largest absolute Gasteiger partial charge is 0.332 e. The van der Waals surface area contributed by atoms with Crippen molar-refractivity contribution in [1.82, 2.24) is 9.13 Å². The number of aromatic nitrogens is 2. The van der Waals surface area contributed by atoms with Gasteiger partial charge in [0.15, 0.2) is 0 Å². The number of carbonyl (C=O) groups is 1. The van der Waals surface area contributed by atoms with Gasteiger partial charge in [0.1, 0.15) is 6.54 Å². The van der Waals surface area contributed by atoms with E-state index in [1.807, 2.05) is 6.07 Å². The molecule has 0 unspecified atom stereocenters. The molecule has 3 aromatic carbocycles. The van der Waals surface area contributed by atoms with Crippen LogP contribution in [0.2, 0.25) is 5.02 Å². The van der Waals surface area contributed by atoms with Crippen molar-refractivity contribution < 1.29 is 4.79 Å². The zero-order valence-corrected chi connectivity index (χ0v) is 17.5. The standard InChI is InChI=1S/C24H17ClN4O3/c25-18-7-3-6-17(11-18)14-29-23(31)20-9-1-2-10-21(20)28(24(29)32)15-22(30)27-19-8-4-5-16(12-19)13-26/h1-12H,14-15H2,(H,27,30). The van der Waals surface area contributed by atoms with Crippen LogP contribution < -0.4 is 16.6 Å². The number of benzene rings is 3. The summed E-state index contributed by atoms with van der Waals surface area (Å²) in [6, 6.07) is 22.0. The smallest absolute Gasteiger partial charge is 0.324 e. The van der Waals surface area contributed by atoms with E-state index in [2.05, 4.69) is 5.32 Å². The van der Waals surface area contributed by atoms with E-state index < -0.39 is 17.2 Å². The molecule has 158 valence electrons. The van der Waals surface area contributed by atoms with E-state index in [1.165, 1.54) is 4.57 Å². The van der Waals surface area contributed by atoms with Crippen molar-refractivity contribution in [1.29, 1.82) is 5.26 Å². The number of hydrogen-bond donors (Lipinski definition) is 1. The first-order valence-electron chi connectivity index (χ1n) is 9.73. The first kappa shape index (κ1) is 21.1. The molecule has 32 heavy (non-hydrogen) atoms. The second-order valence-corrected chi connectivity index (χ2v) is 7.58. The summed E-state index contributed by atoms with van der Waals surface area (Å²) < 4.78 is 2.36. The van der Waals surface area contributed by atoms with Gasteiger partial charge in [0.2, 0.25) is 5.91 Å². The molecule has 0 bridgehead atoms. The molecule has 0 aliphatic rings. The Balaban J connectivity index is 1.75. The van der Waals surface area contributed by atoms with Crippen molar-refractivity contribution in [3.8, 4) is 6.07 Å². The minimum atomic E-state index is -0.602. The lowest BCUT2D eigenvalue weighted by atomic mass is 10.2. The molecule has 0 saturated carbocycles. The first-order chi connectivity index (χ1) is 15.5. The van der Waals surface area contributed by atoms with E-state index in [0.717, 1.165) is 4.57 Å². The van der Waals surface area contributed by atoms with Gasteiger partial charge in [-0.25, -0.2) is 4.79 Å². The molecule has 1 heterocycles. The minimum absolute atomic E-state index is 0.0227. The molecule has 4 aromatic rings. The fraction of sp³-hybridized carbons (Fsp3) is 0.0833. The molecule has 1 N–H and O–H groups in total. The van der Waals surface area contributed by atoms with Crippen molar-refractivity contribution in [2.24, 2.45) is 0 Å². The van der Waals surface area contributed by atoms with Crippen LogP contribution in [0.4, 0.5) is 5.69 Å². The Morgan fingerprint density at radius 1 is 0.969 bits per heavy atom. The summed E-state index contributed by atoms with van der Waals surface area (Å²) in [5, 5.41) is 12.5. The number of amides is 1. The van der Waals surface area contributed by atoms with E-state index in [4.69, 9.17) is 16.9 Å². The van der Waals surface area contributed by atoms with Crippen molar-refractivity contribution in [2.45, 2.75) is 13.1 Å². The van der Waals surface area contributed by atoms with E-state index >= 15 is 0 Å².